The van der Waals surface area contributed by atoms with E-state index in [0.29, 0.717) is 0 Å². The summed E-state index contributed by atoms with van der Waals surface area (Å²) in [4.78, 5) is 0. The Labute approximate surface area is 219 Å². The third-order valence-electron chi connectivity index (χ3n) is 5.30. The largest absolute Gasteiger partial charge is 0.379 e. The van der Waals surface area contributed by atoms with Gasteiger partial charge in [-0.1, -0.05) is 0 Å². The summed E-state index contributed by atoms with van der Waals surface area (Å²) in [5, 5.41) is 27.1. The molecule has 1 aliphatic rings. The highest BCUT2D eigenvalue weighted by molar-refractivity contribution is 4.56. The van der Waals surface area contributed by atoms with Gasteiger partial charge in [0, 0.05) is 105 Å². The first-order chi connectivity index (χ1) is 18.0. The van der Waals surface area contributed by atoms with Crippen LogP contribution in [0.5, 0.6) is 0 Å². The van der Waals surface area contributed by atoms with Crippen LogP contribution >= 0.6 is 0 Å². The minimum Gasteiger partial charge on any atom is -0.379 e. The van der Waals surface area contributed by atoms with Crippen LogP contribution in [0.1, 0.15) is 0 Å². The van der Waals surface area contributed by atoms with Crippen LogP contribution in [0.2, 0.25) is 0 Å². The molecule has 0 spiro atoms. The van der Waals surface area contributed by atoms with Gasteiger partial charge >= 0.3 is 0 Å². The second kappa shape index (κ2) is 30.7. The van der Waals surface area contributed by atoms with E-state index in [1.54, 1.807) is 0 Å². The summed E-state index contributed by atoms with van der Waals surface area (Å²) in [5.74, 6) is 0. The van der Waals surface area contributed by atoms with Gasteiger partial charge in [-0.15, -0.1) is 0 Å². The molecule has 0 amide bonds. The fourth-order valence-electron chi connectivity index (χ4n) is 3.27. The monoisotopic (exact) mass is 520 g/mol. The number of rotatable bonds is 0. The van der Waals surface area contributed by atoms with Crippen molar-refractivity contribution in [1.82, 2.24) is 42.5 Å². The minimum absolute atomic E-state index is 0.738. The van der Waals surface area contributed by atoms with Crippen molar-refractivity contribution in [1.29, 1.82) is 0 Å². The molecule has 12 heteroatoms. The van der Waals surface area contributed by atoms with Crippen molar-refractivity contribution in [2.45, 2.75) is 0 Å². The van der Waals surface area contributed by atoms with E-state index >= 15 is 0 Å². The van der Waals surface area contributed by atoms with Crippen molar-refractivity contribution in [3.8, 4) is 0 Å². The summed E-state index contributed by atoms with van der Waals surface area (Å²) >= 11 is 0. The summed E-state index contributed by atoms with van der Waals surface area (Å²) in [5.41, 5.74) is 0. The van der Waals surface area contributed by atoms with Crippen LogP contribution in [0.15, 0.2) is 0 Å². The van der Waals surface area contributed by atoms with Gasteiger partial charge in [-0.3, -0.25) is 0 Å². The molecule has 12 nitrogen and oxygen atoms in total. The van der Waals surface area contributed by atoms with Gasteiger partial charge in [0.15, 0.2) is 0 Å². The van der Waals surface area contributed by atoms with Crippen molar-refractivity contribution in [3.63, 3.8) is 0 Å². The first kappa shape index (κ1) is 33.5. The van der Waals surface area contributed by atoms with E-state index in [-0.39, 0.29) is 0 Å². The van der Waals surface area contributed by atoms with Gasteiger partial charge in [0.2, 0.25) is 0 Å². The molecule has 0 bridgehead atoms. The third kappa shape index (κ3) is 28.1. The Morgan fingerprint density at radius 1 is 0.194 bits per heavy atom. The molecule has 0 aliphatic carbocycles. The maximum absolute atomic E-state index is 5.64. The molecule has 1 heterocycles. The number of nitrogens with one attached hydrogen (secondary N) is 8. The number of ether oxygens (including phenoxy) is 4. The fraction of sp³-hybridized carbons (Fsp3) is 1.00. The van der Waals surface area contributed by atoms with Crippen LogP contribution in [0.25, 0.3) is 0 Å². The molecule has 8 N–H and O–H groups in total. The van der Waals surface area contributed by atoms with E-state index in [9.17, 15) is 0 Å². The van der Waals surface area contributed by atoms with Crippen LogP contribution in [-0.4, -0.2) is 158 Å². The topological polar surface area (TPSA) is 133 Å². The van der Waals surface area contributed by atoms with Gasteiger partial charge in [0.25, 0.3) is 0 Å². The van der Waals surface area contributed by atoms with Gasteiger partial charge in [0.05, 0.1) is 52.9 Å². The van der Waals surface area contributed by atoms with Crippen LogP contribution < -0.4 is 42.5 Å². The molecular weight excluding hydrogens is 464 g/mol. The van der Waals surface area contributed by atoms with Gasteiger partial charge in [-0.2, -0.15) is 0 Å². The Hall–Kier alpha value is -0.480. The van der Waals surface area contributed by atoms with E-state index in [0.717, 1.165) is 158 Å². The predicted octanol–water partition coefficient (Wildman–Crippen LogP) is -3.22. The average Bonchev–Trinajstić information content (AvgIpc) is 2.89. The molecule has 36 heavy (non-hydrogen) atoms. The van der Waals surface area contributed by atoms with Crippen molar-refractivity contribution < 1.29 is 18.9 Å². The lowest BCUT2D eigenvalue weighted by Gasteiger charge is -2.10. The highest BCUT2D eigenvalue weighted by atomic mass is 16.5. The highest BCUT2D eigenvalue weighted by Crippen LogP contribution is 1.76. The zero-order valence-corrected chi connectivity index (χ0v) is 22.6. The molecule has 0 saturated carbocycles. The SMILES string of the molecule is C1CNCCOCCNCCNCCOCCNCCNCCOCCNCCNCCOCCN1. The molecule has 0 aromatic carbocycles. The van der Waals surface area contributed by atoms with Crippen molar-refractivity contribution in [2.75, 3.05) is 158 Å². The van der Waals surface area contributed by atoms with Crippen molar-refractivity contribution in [2.24, 2.45) is 0 Å². The van der Waals surface area contributed by atoms with Gasteiger partial charge in [-0.05, 0) is 0 Å². The molecule has 0 aromatic rings. The number of hydrogen-bond acceptors (Lipinski definition) is 12. The first-order valence-corrected chi connectivity index (χ1v) is 14.0. The Bertz CT molecular complexity index is 230. The van der Waals surface area contributed by atoms with E-state index in [1.807, 2.05) is 0 Å². The summed E-state index contributed by atoms with van der Waals surface area (Å²) < 4.78 is 22.6. The maximum Gasteiger partial charge on any atom is 0.0591 e. The molecule has 0 atom stereocenters. The zero-order chi connectivity index (χ0) is 25.5. The quantitative estimate of drug-likeness (QED) is 0.163. The molecule has 0 unspecified atom stereocenters. The lowest BCUT2D eigenvalue weighted by atomic mass is 10.5. The molecule has 1 fully saturated rings. The lowest BCUT2D eigenvalue weighted by molar-refractivity contribution is 0.133. The Morgan fingerprint density at radius 3 is 0.472 bits per heavy atom. The summed E-state index contributed by atoms with van der Waals surface area (Å²) in [6.07, 6.45) is 0. The standard InChI is InChI=1S/C24H56N8O4/c1-2-26-10-18-34-20-12-28-5-6-30-14-22-36-24-16-32-8-7-31-15-23-35-21-13-29-4-3-27-11-19-33-17-9-25-1/h25-32H,1-24H2. The van der Waals surface area contributed by atoms with E-state index < -0.39 is 0 Å². The van der Waals surface area contributed by atoms with Gasteiger partial charge in [0.1, 0.15) is 0 Å². The fourth-order valence-corrected chi connectivity index (χ4v) is 3.27. The molecule has 0 aromatic heterocycles. The molecular formula is C24H56N8O4. The molecule has 1 rings (SSSR count). The second-order valence-corrected chi connectivity index (χ2v) is 8.45. The Kier molecular flexibility index (Phi) is 28.6. The van der Waals surface area contributed by atoms with E-state index in [4.69, 9.17) is 18.9 Å². The second-order valence-electron chi connectivity index (χ2n) is 8.45. The van der Waals surface area contributed by atoms with Crippen molar-refractivity contribution >= 4 is 0 Å². The molecule has 216 valence electrons. The normalized spacial score (nSPS) is 24.0. The summed E-state index contributed by atoms with van der Waals surface area (Å²) in [7, 11) is 0. The lowest BCUT2D eigenvalue weighted by Crippen LogP contribution is -2.34. The van der Waals surface area contributed by atoms with Gasteiger partial charge in [-0.25, -0.2) is 0 Å². The summed E-state index contributed by atoms with van der Waals surface area (Å²) in [6.45, 7) is 20.4. The average molecular weight is 521 g/mol. The summed E-state index contributed by atoms with van der Waals surface area (Å²) in [6, 6.07) is 0. The van der Waals surface area contributed by atoms with Crippen LogP contribution in [0.3, 0.4) is 0 Å². The van der Waals surface area contributed by atoms with Gasteiger partial charge < -0.3 is 61.5 Å². The predicted molar refractivity (Wildman–Crippen MR) is 146 cm³/mol. The minimum atomic E-state index is 0.738. The van der Waals surface area contributed by atoms with Crippen LogP contribution in [0, 0.1) is 0 Å². The number of hydrogen-bond donors (Lipinski definition) is 8. The van der Waals surface area contributed by atoms with Crippen LogP contribution in [0.4, 0.5) is 0 Å². The first-order valence-electron chi connectivity index (χ1n) is 14.0. The Balaban J connectivity index is 2.00. The smallest absolute Gasteiger partial charge is 0.0591 e. The van der Waals surface area contributed by atoms with Crippen LogP contribution in [-0.2, 0) is 18.9 Å². The maximum atomic E-state index is 5.64. The molecule has 0 radical (unpaired) electrons. The van der Waals surface area contributed by atoms with Crippen molar-refractivity contribution in [3.05, 3.63) is 0 Å². The third-order valence-corrected chi connectivity index (χ3v) is 5.30. The molecule has 1 aliphatic heterocycles. The van der Waals surface area contributed by atoms with E-state index in [1.165, 1.54) is 0 Å². The highest BCUT2D eigenvalue weighted by Gasteiger charge is 1.95. The van der Waals surface area contributed by atoms with E-state index in [2.05, 4.69) is 42.5 Å². The molecule has 1 saturated heterocycles. The zero-order valence-electron chi connectivity index (χ0n) is 22.6. The Morgan fingerprint density at radius 2 is 0.333 bits per heavy atom.